The van der Waals surface area contributed by atoms with Crippen molar-refractivity contribution in [2.45, 2.75) is 26.8 Å². The van der Waals surface area contributed by atoms with Gasteiger partial charge in [-0.25, -0.2) is 9.79 Å². The number of thiazole rings is 1. The van der Waals surface area contributed by atoms with E-state index in [0.29, 0.717) is 53.5 Å². The van der Waals surface area contributed by atoms with Crippen LogP contribution in [-0.2, 0) is 14.3 Å². The first kappa shape index (κ1) is 27.6. The van der Waals surface area contributed by atoms with E-state index in [0.717, 1.165) is 0 Å². The van der Waals surface area contributed by atoms with Crippen LogP contribution in [0.3, 0.4) is 0 Å². The third kappa shape index (κ3) is 5.40. The van der Waals surface area contributed by atoms with E-state index in [9.17, 15) is 14.4 Å². The van der Waals surface area contributed by atoms with Gasteiger partial charge in [0.25, 0.3) is 5.56 Å². The Bertz CT molecular complexity index is 1850. The minimum absolute atomic E-state index is 0.163. The van der Waals surface area contributed by atoms with Crippen molar-refractivity contribution in [2.75, 3.05) is 6.61 Å². The maximum absolute atomic E-state index is 13.8. The molecular formula is C29H22Cl2N2O6S. The third-order valence-electron chi connectivity index (χ3n) is 6.07. The number of carbonyl (C=O) groups excluding carboxylic acids is 2. The van der Waals surface area contributed by atoms with E-state index < -0.39 is 18.0 Å². The zero-order valence-electron chi connectivity index (χ0n) is 21.6. The fraction of sp³-hybridized carbons (Fsp3) is 0.172. The standard InChI is InChI=1S/C29H22Cl2N2O6S/c1-4-37-28(36)25-15(2)32-29-33(26(25)17-5-8-19(9-6-17)38-16(3)34)27(35)24(40-29)14-20-10-12-23(39-20)21-11-7-18(30)13-22(21)31/h5-14,26H,4H2,1-3H3. The fourth-order valence-electron chi connectivity index (χ4n) is 4.38. The predicted molar refractivity (Wildman–Crippen MR) is 152 cm³/mol. The molecule has 0 N–H and O–H groups in total. The van der Waals surface area contributed by atoms with Crippen LogP contribution in [0.15, 0.2) is 80.1 Å². The number of hydrogen-bond acceptors (Lipinski definition) is 8. The van der Waals surface area contributed by atoms with Crippen molar-refractivity contribution in [3.8, 4) is 17.1 Å². The lowest BCUT2D eigenvalue weighted by Gasteiger charge is -2.24. The van der Waals surface area contributed by atoms with Crippen LogP contribution >= 0.6 is 34.5 Å². The van der Waals surface area contributed by atoms with Crippen molar-refractivity contribution in [1.82, 2.24) is 4.57 Å². The summed E-state index contributed by atoms with van der Waals surface area (Å²) >= 11 is 13.5. The molecule has 2 aromatic heterocycles. The molecule has 5 rings (SSSR count). The Hall–Kier alpha value is -3.92. The minimum atomic E-state index is -0.802. The minimum Gasteiger partial charge on any atom is -0.463 e. The molecule has 0 amide bonds. The molecule has 1 atom stereocenters. The van der Waals surface area contributed by atoms with E-state index in [1.165, 1.54) is 22.8 Å². The highest BCUT2D eigenvalue weighted by molar-refractivity contribution is 7.07. The van der Waals surface area contributed by atoms with Crippen LogP contribution in [-0.4, -0.2) is 23.1 Å². The van der Waals surface area contributed by atoms with Crippen LogP contribution in [0, 0.1) is 0 Å². The number of allylic oxidation sites excluding steroid dienone is 1. The second-order valence-electron chi connectivity index (χ2n) is 8.79. The maximum atomic E-state index is 13.8. The second-order valence-corrected chi connectivity index (χ2v) is 10.6. The topological polar surface area (TPSA) is 100 Å². The Morgan fingerprint density at radius 3 is 2.55 bits per heavy atom. The largest absolute Gasteiger partial charge is 0.463 e. The van der Waals surface area contributed by atoms with Gasteiger partial charge in [0.15, 0.2) is 4.80 Å². The van der Waals surface area contributed by atoms with Gasteiger partial charge in [0.2, 0.25) is 0 Å². The van der Waals surface area contributed by atoms with E-state index in [2.05, 4.69) is 4.99 Å². The number of ether oxygens (including phenoxy) is 2. The zero-order valence-corrected chi connectivity index (χ0v) is 23.9. The average Bonchev–Trinajstić information content (AvgIpc) is 3.47. The molecule has 0 spiro atoms. The van der Waals surface area contributed by atoms with Gasteiger partial charge in [-0.15, -0.1) is 0 Å². The average molecular weight is 597 g/mol. The molecular weight excluding hydrogens is 575 g/mol. The lowest BCUT2D eigenvalue weighted by atomic mass is 9.96. The molecule has 40 heavy (non-hydrogen) atoms. The number of fused-ring (bicyclic) bond motifs is 1. The van der Waals surface area contributed by atoms with Crippen LogP contribution in [0.1, 0.15) is 38.1 Å². The van der Waals surface area contributed by atoms with Gasteiger partial charge in [-0.2, -0.15) is 0 Å². The number of hydrogen-bond donors (Lipinski definition) is 0. The van der Waals surface area contributed by atoms with Crippen LogP contribution in [0.25, 0.3) is 17.4 Å². The molecule has 4 aromatic rings. The summed E-state index contributed by atoms with van der Waals surface area (Å²) in [5, 5.41) is 0.948. The summed E-state index contributed by atoms with van der Waals surface area (Å²) in [5.74, 6) is 0.281. The van der Waals surface area contributed by atoms with E-state index in [-0.39, 0.29) is 17.7 Å². The molecule has 11 heteroatoms. The van der Waals surface area contributed by atoms with E-state index >= 15 is 0 Å². The molecule has 0 radical (unpaired) electrons. The van der Waals surface area contributed by atoms with Crippen LogP contribution < -0.4 is 19.6 Å². The number of carbonyl (C=O) groups is 2. The molecule has 204 valence electrons. The summed E-state index contributed by atoms with van der Waals surface area (Å²) in [5.41, 5.74) is 1.63. The Morgan fingerprint density at radius 2 is 1.88 bits per heavy atom. The monoisotopic (exact) mass is 596 g/mol. The van der Waals surface area contributed by atoms with E-state index in [4.69, 9.17) is 37.1 Å². The highest BCUT2D eigenvalue weighted by Gasteiger charge is 2.33. The number of benzene rings is 2. The second kappa shape index (κ2) is 11.3. The van der Waals surface area contributed by atoms with Crippen molar-refractivity contribution in [3.63, 3.8) is 0 Å². The first-order valence-electron chi connectivity index (χ1n) is 12.2. The number of halogens is 2. The Labute approximate surface area is 242 Å². The molecule has 0 aliphatic carbocycles. The highest BCUT2D eigenvalue weighted by atomic mass is 35.5. The maximum Gasteiger partial charge on any atom is 0.338 e. The number of furan rings is 1. The molecule has 0 saturated heterocycles. The number of rotatable bonds is 6. The first-order chi connectivity index (χ1) is 19.2. The quantitative estimate of drug-likeness (QED) is 0.221. The van der Waals surface area contributed by atoms with Crippen molar-refractivity contribution >= 4 is 52.6 Å². The molecule has 0 fully saturated rings. The van der Waals surface area contributed by atoms with Gasteiger partial charge in [0.1, 0.15) is 17.3 Å². The summed E-state index contributed by atoms with van der Waals surface area (Å²) in [6, 6.07) is 14.4. The molecule has 1 aliphatic heterocycles. The summed E-state index contributed by atoms with van der Waals surface area (Å²) in [4.78, 5) is 43.2. The van der Waals surface area contributed by atoms with Crippen molar-refractivity contribution in [2.24, 2.45) is 4.99 Å². The molecule has 3 heterocycles. The van der Waals surface area contributed by atoms with Crippen LogP contribution in [0.2, 0.25) is 10.0 Å². The predicted octanol–water partition coefficient (Wildman–Crippen LogP) is 5.29. The van der Waals surface area contributed by atoms with Gasteiger partial charge in [-0.1, -0.05) is 46.7 Å². The highest BCUT2D eigenvalue weighted by Crippen LogP contribution is 2.33. The Balaban J connectivity index is 1.61. The molecule has 8 nitrogen and oxygen atoms in total. The smallest absolute Gasteiger partial charge is 0.338 e. The third-order valence-corrected chi connectivity index (χ3v) is 7.60. The fourth-order valence-corrected chi connectivity index (χ4v) is 5.91. The SMILES string of the molecule is CCOC(=O)C1=C(C)N=c2sc(=Cc3ccc(-c4ccc(Cl)cc4Cl)o3)c(=O)n2C1c1ccc(OC(C)=O)cc1. The lowest BCUT2D eigenvalue weighted by Crippen LogP contribution is -2.39. The van der Waals surface area contributed by atoms with Crippen molar-refractivity contribution in [3.05, 3.63) is 107 Å². The van der Waals surface area contributed by atoms with E-state index in [1.807, 2.05) is 0 Å². The summed E-state index contributed by atoms with van der Waals surface area (Å²) in [7, 11) is 0. The molecule has 2 aromatic carbocycles. The lowest BCUT2D eigenvalue weighted by molar-refractivity contribution is -0.139. The van der Waals surface area contributed by atoms with Crippen molar-refractivity contribution < 1.29 is 23.5 Å². The summed E-state index contributed by atoms with van der Waals surface area (Å²) in [6.07, 6.45) is 1.63. The van der Waals surface area contributed by atoms with Gasteiger partial charge in [-0.3, -0.25) is 14.2 Å². The number of nitrogens with zero attached hydrogens (tertiary/aromatic N) is 2. The Kier molecular flexibility index (Phi) is 7.80. The van der Waals surface area contributed by atoms with Gasteiger partial charge in [0, 0.05) is 23.6 Å². The van der Waals surface area contributed by atoms with Gasteiger partial charge in [0.05, 0.1) is 33.5 Å². The normalized spacial score (nSPS) is 15.0. The van der Waals surface area contributed by atoms with Gasteiger partial charge in [-0.05, 0) is 61.9 Å². The van der Waals surface area contributed by atoms with Crippen LogP contribution in [0.4, 0.5) is 0 Å². The summed E-state index contributed by atoms with van der Waals surface area (Å²) in [6.45, 7) is 4.89. The summed E-state index contributed by atoms with van der Waals surface area (Å²) < 4.78 is 18.3. The van der Waals surface area contributed by atoms with Crippen molar-refractivity contribution in [1.29, 1.82) is 0 Å². The van der Waals surface area contributed by atoms with Crippen LogP contribution in [0.5, 0.6) is 5.75 Å². The van der Waals surface area contributed by atoms with Gasteiger partial charge >= 0.3 is 11.9 Å². The molecule has 1 unspecified atom stereocenters. The number of esters is 2. The van der Waals surface area contributed by atoms with Gasteiger partial charge < -0.3 is 13.9 Å². The first-order valence-corrected chi connectivity index (χ1v) is 13.8. The Morgan fingerprint density at radius 1 is 1.12 bits per heavy atom. The molecule has 0 bridgehead atoms. The molecule has 0 saturated carbocycles. The zero-order chi connectivity index (χ0) is 28.6. The number of aromatic nitrogens is 1. The molecule has 1 aliphatic rings. The van der Waals surface area contributed by atoms with E-state index in [1.54, 1.807) is 74.5 Å².